The molecule has 1 aliphatic rings. The molecule has 1 atom stereocenters. The Balaban J connectivity index is 1.87. The maximum atomic E-state index is 13.4. The first kappa shape index (κ1) is 12.1. The highest BCUT2D eigenvalue weighted by atomic mass is 19.1. The van der Waals surface area contributed by atoms with Crippen molar-refractivity contribution in [3.8, 4) is 5.75 Å². The van der Waals surface area contributed by atoms with Gasteiger partial charge in [0.05, 0.1) is 20.3 Å². The summed E-state index contributed by atoms with van der Waals surface area (Å²) < 4.78 is 23.6. The van der Waals surface area contributed by atoms with E-state index >= 15 is 0 Å². The second-order valence-electron chi connectivity index (χ2n) is 3.96. The van der Waals surface area contributed by atoms with Crippen molar-refractivity contribution in [3.05, 3.63) is 24.0 Å². The van der Waals surface area contributed by atoms with Crippen molar-refractivity contribution in [1.82, 2.24) is 5.32 Å². The Hall–Kier alpha value is -1.33. The fraction of sp³-hybridized carbons (Fsp3) is 0.500. The van der Waals surface area contributed by atoms with Crippen LogP contribution in [0.1, 0.15) is 0 Å². The first-order chi connectivity index (χ1) is 8.29. The minimum absolute atomic E-state index is 0.259. The molecule has 1 fully saturated rings. The van der Waals surface area contributed by atoms with E-state index in [0.717, 1.165) is 18.8 Å². The molecule has 0 aliphatic carbocycles. The quantitative estimate of drug-likeness (QED) is 0.831. The lowest BCUT2D eigenvalue weighted by molar-refractivity contribution is 0.0806. The number of ether oxygens (including phenoxy) is 2. The molecule has 1 aliphatic heterocycles. The molecule has 17 heavy (non-hydrogen) atoms. The molecule has 1 saturated heterocycles. The number of hydrogen-bond acceptors (Lipinski definition) is 4. The fourth-order valence-corrected chi connectivity index (χ4v) is 1.77. The molecule has 1 unspecified atom stereocenters. The van der Waals surface area contributed by atoms with Gasteiger partial charge >= 0.3 is 0 Å². The summed E-state index contributed by atoms with van der Waals surface area (Å²) in [7, 11) is 1.45. The van der Waals surface area contributed by atoms with E-state index in [2.05, 4.69) is 10.6 Å². The summed E-state index contributed by atoms with van der Waals surface area (Å²) in [5.41, 5.74) is 0.746. The first-order valence-electron chi connectivity index (χ1n) is 5.68. The Bertz CT molecular complexity index is 368. The molecule has 0 radical (unpaired) electrons. The van der Waals surface area contributed by atoms with Crippen molar-refractivity contribution >= 4 is 5.69 Å². The number of hydrogen-bond donors (Lipinski definition) is 2. The van der Waals surface area contributed by atoms with Gasteiger partial charge in [0.2, 0.25) is 0 Å². The van der Waals surface area contributed by atoms with Crippen molar-refractivity contribution in [2.75, 3.05) is 38.7 Å². The lowest BCUT2D eigenvalue weighted by Crippen LogP contribution is -2.45. The van der Waals surface area contributed by atoms with E-state index in [1.165, 1.54) is 13.2 Å². The Labute approximate surface area is 100 Å². The van der Waals surface area contributed by atoms with Crippen LogP contribution < -0.4 is 15.4 Å². The zero-order valence-corrected chi connectivity index (χ0v) is 9.83. The number of anilines is 1. The molecule has 4 nitrogen and oxygen atoms in total. The number of halogens is 1. The van der Waals surface area contributed by atoms with Gasteiger partial charge < -0.3 is 20.1 Å². The predicted molar refractivity (Wildman–Crippen MR) is 64.1 cm³/mol. The smallest absolute Gasteiger partial charge is 0.167 e. The third kappa shape index (κ3) is 3.31. The van der Waals surface area contributed by atoms with E-state index in [4.69, 9.17) is 9.47 Å². The van der Waals surface area contributed by atoms with Crippen LogP contribution in [-0.4, -0.2) is 39.5 Å². The molecule has 0 saturated carbocycles. The molecular formula is C12H17FN2O2. The van der Waals surface area contributed by atoms with E-state index in [9.17, 15) is 4.39 Å². The van der Waals surface area contributed by atoms with Crippen LogP contribution in [0.25, 0.3) is 0 Å². The minimum Gasteiger partial charge on any atom is -0.494 e. The summed E-state index contributed by atoms with van der Waals surface area (Å²) in [6.45, 7) is 3.02. The Morgan fingerprint density at radius 1 is 1.59 bits per heavy atom. The fourth-order valence-electron chi connectivity index (χ4n) is 1.77. The normalized spacial score (nSPS) is 20.0. The SMILES string of the molecule is COc1ccc(NCC2COCCN2)cc1F. The van der Waals surface area contributed by atoms with Crippen LogP contribution in [0, 0.1) is 5.82 Å². The Kier molecular flexibility index (Phi) is 4.17. The number of nitrogens with one attached hydrogen (secondary N) is 2. The average molecular weight is 240 g/mol. The molecule has 1 aromatic carbocycles. The van der Waals surface area contributed by atoms with Crippen LogP contribution in [0.3, 0.4) is 0 Å². The van der Waals surface area contributed by atoms with E-state index in [1.54, 1.807) is 12.1 Å². The van der Waals surface area contributed by atoms with Crippen molar-refractivity contribution in [2.24, 2.45) is 0 Å². The lowest BCUT2D eigenvalue weighted by atomic mass is 10.2. The van der Waals surface area contributed by atoms with Gasteiger partial charge in [-0.15, -0.1) is 0 Å². The number of methoxy groups -OCH3 is 1. The van der Waals surface area contributed by atoms with E-state index in [-0.39, 0.29) is 17.6 Å². The average Bonchev–Trinajstić information content (AvgIpc) is 2.38. The molecule has 0 aromatic heterocycles. The molecule has 2 rings (SSSR count). The molecule has 0 amide bonds. The van der Waals surface area contributed by atoms with Crippen LogP contribution >= 0.6 is 0 Å². The third-order valence-electron chi connectivity index (χ3n) is 2.70. The van der Waals surface area contributed by atoms with Gasteiger partial charge in [-0.05, 0) is 12.1 Å². The highest BCUT2D eigenvalue weighted by molar-refractivity contribution is 5.47. The summed E-state index contributed by atoms with van der Waals surface area (Å²) in [6, 6.07) is 5.12. The minimum atomic E-state index is -0.356. The summed E-state index contributed by atoms with van der Waals surface area (Å²) in [5, 5.41) is 6.49. The third-order valence-corrected chi connectivity index (χ3v) is 2.70. The summed E-state index contributed by atoms with van der Waals surface area (Å²) >= 11 is 0. The van der Waals surface area contributed by atoms with Gasteiger partial charge in [0.15, 0.2) is 11.6 Å². The van der Waals surface area contributed by atoms with Gasteiger partial charge in [0, 0.05) is 30.9 Å². The number of rotatable bonds is 4. The monoisotopic (exact) mass is 240 g/mol. The molecular weight excluding hydrogens is 223 g/mol. The van der Waals surface area contributed by atoms with E-state index < -0.39 is 0 Å². The molecule has 1 aromatic rings. The van der Waals surface area contributed by atoms with Gasteiger partial charge in [-0.25, -0.2) is 4.39 Å². The molecule has 0 bridgehead atoms. The molecule has 94 valence electrons. The van der Waals surface area contributed by atoms with E-state index in [0.29, 0.717) is 13.2 Å². The molecule has 2 N–H and O–H groups in total. The second-order valence-corrected chi connectivity index (χ2v) is 3.96. The maximum Gasteiger partial charge on any atom is 0.167 e. The van der Waals surface area contributed by atoms with Crippen LogP contribution in [0.15, 0.2) is 18.2 Å². The number of benzene rings is 1. The van der Waals surface area contributed by atoms with Crippen molar-refractivity contribution in [1.29, 1.82) is 0 Å². The molecule has 5 heteroatoms. The predicted octanol–water partition coefficient (Wildman–Crippen LogP) is 1.23. The van der Waals surface area contributed by atoms with Crippen molar-refractivity contribution in [2.45, 2.75) is 6.04 Å². The Morgan fingerprint density at radius 2 is 2.47 bits per heavy atom. The standard InChI is InChI=1S/C12H17FN2O2/c1-16-12-3-2-9(6-11(12)13)15-7-10-8-17-5-4-14-10/h2-3,6,10,14-15H,4-5,7-8H2,1H3. The van der Waals surface area contributed by atoms with Crippen LogP contribution in [-0.2, 0) is 4.74 Å². The topological polar surface area (TPSA) is 42.5 Å². The Morgan fingerprint density at radius 3 is 3.12 bits per heavy atom. The zero-order valence-electron chi connectivity index (χ0n) is 9.83. The van der Waals surface area contributed by atoms with Gasteiger partial charge in [0.1, 0.15) is 0 Å². The van der Waals surface area contributed by atoms with Crippen LogP contribution in [0.2, 0.25) is 0 Å². The summed E-state index contributed by atoms with van der Waals surface area (Å²) in [5.74, 6) is -0.0972. The van der Waals surface area contributed by atoms with Gasteiger partial charge in [-0.1, -0.05) is 0 Å². The highest BCUT2D eigenvalue weighted by Gasteiger charge is 2.12. The zero-order chi connectivity index (χ0) is 12.1. The van der Waals surface area contributed by atoms with Gasteiger partial charge in [0.25, 0.3) is 0 Å². The van der Waals surface area contributed by atoms with E-state index in [1.807, 2.05) is 0 Å². The first-order valence-corrected chi connectivity index (χ1v) is 5.68. The largest absolute Gasteiger partial charge is 0.494 e. The molecule has 0 spiro atoms. The van der Waals surface area contributed by atoms with Crippen molar-refractivity contribution < 1.29 is 13.9 Å². The second kappa shape index (κ2) is 5.84. The number of morpholine rings is 1. The highest BCUT2D eigenvalue weighted by Crippen LogP contribution is 2.20. The van der Waals surface area contributed by atoms with Gasteiger partial charge in [-0.3, -0.25) is 0 Å². The summed E-state index contributed by atoms with van der Waals surface area (Å²) in [4.78, 5) is 0. The van der Waals surface area contributed by atoms with Crippen molar-refractivity contribution in [3.63, 3.8) is 0 Å². The summed E-state index contributed by atoms with van der Waals surface area (Å²) in [6.07, 6.45) is 0. The molecule has 1 heterocycles. The maximum absolute atomic E-state index is 13.4. The van der Waals surface area contributed by atoms with Gasteiger partial charge in [-0.2, -0.15) is 0 Å². The van der Waals surface area contributed by atoms with Crippen LogP contribution in [0.5, 0.6) is 5.75 Å². The lowest BCUT2D eigenvalue weighted by Gasteiger charge is -2.24. The van der Waals surface area contributed by atoms with Crippen LogP contribution in [0.4, 0.5) is 10.1 Å².